The molecular weight excluding hydrogens is 345 g/mol. The van der Waals surface area contributed by atoms with Crippen LogP contribution in [-0.4, -0.2) is 16.1 Å². The molecule has 0 bridgehead atoms. The number of rotatable bonds is 5. The summed E-state index contributed by atoms with van der Waals surface area (Å²) in [5.41, 5.74) is 0.739. The van der Waals surface area contributed by atoms with E-state index >= 15 is 0 Å². The van der Waals surface area contributed by atoms with Gasteiger partial charge in [-0.3, -0.25) is 0 Å². The molecular formula is C14H21BrFNO2S. The molecule has 1 aromatic carbocycles. The second-order valence-corrected chi connectivity index (χ2v) is 8.32. The third-order valence-corrected chi connectivity index (χ3v) is 5.16. The largest absolute Gasteiger partial charge is 0.494 e. The van der Waals surface area contributed by atoms with E-state index in [0.29, 0.717) is 6.42 Å². The van der Waals surface area contributed by atoms with Crippen LogP contribution in [-0.2, 0) is 11.0 Å². The van der Waals surface area contributed by atoms with Crippen molar-refractivity contribution in [2.24, 2.45) is 0 Å². The predicted molar refractivity (Wildman–Crippen MR) is 84.7 cm³/mol. The molecule has 0 spiro atoms. The highest BCUT2D eigenvalue weighted by Gasteiger charge is 2.24. The van der Waals surface area contributed by atoms with E-state index in [2.05, 4.69) is 20.7 Å². The van der Waals surface area contributed by atoms with Gasteiger partial charge in [-0.1, -0.05) is 22.9 Å². The van der Waals surface area contributed by atoms with Gasteiger partial charge in [0, 0.05) is 10.5 Å². The minimum absolute atomic E-state index is 0.187. The van der Waals surface area contributed by atoms with E-state index in [1.54, 1.807) is 6.07 Å². The first-order valence-electron chi connectivity index (χ1n) is 6.41. The number of hydrogen-bond acceptors (Lipinski definition) is 2. The molecule has 0 aliphatic rings. The fourth-order valence-electron chi connectivity index (χ4n) is 1.64. The maximum absolute atomic E-state index is 13.8. The lowest BCUT2D eigenvalue weighted by molar-refractivity contribution is 0.385. The fraction of sp³-hybridized carbons (Fsp3) is 0.571. The first-order valence-corrected chi connectivity index (χ1v) is 8.36. The van der Waals surface area contributed by atoms with Crippen LogP contribution in [0.5, 0.6) is 5.75 Å². The van der Waals surface area contributed by atoms with Gasteiger partial charge in [0.2, 0.25) is 0 Å². The van der Waals surface area contributed by atoms with E-state index in [-0.39, 0.29) is 16.5 Å². The standard InChI is InChI=1S/C14H21BrFNO2S/c1-6-12(17-20(18)14(2,3)4)9-7-11(16)13(19-5)8-10(9)15/h7-8,12,17H,6H2,1-5H3/t12?,20-/m0/s1. The Kier molecular flexibility index (Phi) is 6.16. The van der Waals surface area contributed by atoms with Crippen molar-refractivity contribution in [2.45, 2.75) is 44.9 Å². The minimum Gasteiger partial charge on any atom is -0.494 e. The van der Waals surface area contributed by atoms with Crippen LogP contribution in [0.3, 0.4) is 0 Å². The monoisotopic (exact) mass is 365 g/mol. The van der Waals surface area contributed by atoms with Crippen molar-refractivity contribution in [3.05, 3.63) is 28.0 Å². The van der Waals surface area contributed by atoms with Crippen LogP contribution in [0.4, 0.5) is 4.39 Å². The molecule has 0 fully saturated rings. The van der Waals surface area contributed by atoms with E-state index in [0.717, 1.165) is 10.0 Å². The van der Waals surface area contributed by atoms with Gasteiger partial charge in [0.05, 0.1) is 22.8 Å². The van der Waals surface area contributed by atoms with Gasteiger partial charge in [0.25, 0.3) is 0 Å². The van der Waals surface area contributed by atoms with Crippen LogP contribution in [0.15, 0.2) is 16.6 Å². The van der Waals surface area contributed by atoms with E-state index < -0.39 is 16.8 Å². The highest BCUT2D eigenvalue weighted by atomic mass is 79.9. The van der Waals surface area contributed by atoms with E-state index in [4.69, 9.17) is 4.74 Å². The maximum Gasteiger partial charge on any atom is 0.165 e. The van der Waals surface area contributed by atoms with Crippen molar-refractivity contribution in [2.75, 3.05) is 7.11 Å². The van der Waals surface area contributed by atoms with Gasteiger partial charge in [-0.15, -0.1) is 0 Å². The zero-order valence-electron chi connectivity index (χ0n) is 12.4. The molecule has 0 heterocycles. The van der Waals surface area contributed by atoms with Gasteiger partial charge in [-0.25, -0.2) is 13.3 Å². The number of benzene rings is 1. The maximum atomic E-state index is 13.8. The quantitative estimate of drug-likeness (QED) is 0.852. The molecule has 6 heteroatoms. The molecule has 0 saturated heterocycles. The highest BCUT2D eigenvalue weighted by Crippen LogP contribution is 2.32. The van der Waals surface area contributed by atoms with Crippen molar-refractivity contribution in [1.82, 2.24) is 4.72 Å². The smallest absolute Gasteiger partial charge is 0.165 e. The summed E-state index contributed by atoms with van der Waals surface area (Å²) in [6, 6.07) is 2.82. The lowest BCUT2D eigenvalue weighted by Crippen LogP contribution is -2.35. The summed E-state index contributed by atoms with van der Waals surface area (Å²) < 4.78 is 34.4. The van der Waals surface area contributed by atoms with Gasteiger partial charge < -0.3 is 4.74 Å². The molecule has 1 rings (SSSR count). The molecule has 0 saturated carbocycles. The first kappa shape index (κ1) is 17.6. The van der Waals surface area contributed by atoms with Crippen molar-refractivity contribution in [1.29, 1.82) is 0 Å². The fourth-order valence-corrected chi connectivity index (χ4v) is 3.14. The van der Waals surface area contributed by atoms with Gasteiger partial charge in [0.1, 0.15) is 0 Å². The topological polar surface area (TPSA) is 38.3 Å². The molecule has 1 aromatic rings. The Balaban J connectivity index is 3.07. The third kappa shape index (κ3) is 4.27. The van der Waals surface area contributed by atoms with Crippen molar-refractivity contribution >= 4 is 26.9 Å². The molecule has 114 valence electrons. The van der Waals surface area contributed by atoms with E-state index in [1.165, 1.54) is 13.2 Å². The average Bonchev–Trinajstić information content (AvgIpc) is 2.37. The Morgan fingerprint density at radius 3 is 2.50 bits per heavy atom. The summed E-state index contributed by atoms with van der Waals surface area (Å²) in [4.78, 5) is 0. The summed E-state index contributed by atoms with van der Waals surface area (Å²) in [5, 5.41) is 0. The van der Waals surface area contributed by atoms with Crippen molar-refractivity contribution in [3.63, 3.8) is 0 Å². The Bertz CT molecular complexity index is 503. The van der Waals surface area contributed by atoms with Crippen LogP contribution in [0.1, 0.15) is 45.7 Å². The molecule has 0 aliphatic carbocycles. The molecule has 1 unspecified atom stereocenters. The number of ether oxygens (including phenoxy) is 1. The Labute approximate surface area is 131 Å². The predicted octanol–water partition coefficient (Wildman–Crippen LogP) is 4.10. The summed E-state index contributed by atoms with van der Waals surface area (Å²) >= 11 is 3.42. The van der Waals surface area contributed by atoms with Crippen molar-refractivity contribution in [3.8, 4) is 5.75 Å². The lowest BCUT2D eigenvalue weighted by atomic mass is 10.1. The third-order valence-electron chi connectivity index (χ3n) is 2.86. The van der Waals surface area contributed by atoms with E-state index in [1.807, 2.05) is 27.7 Å². The minimum atomic E-state index is -1.21. The normalized spacial score (nSPS) is 14.9. The Hall–Kier alpha value is -0.460. The number of nitrogens with one attached hydrogen (secondary N) is 1. The molecule has 1 N–H and O–H groups in total. The van der Waals surface area contributed by atoms with E-state index in [9.17, 15) is 8.60 Å². The number of methoxy groups -OCH3 is 1. The Morgan fingerprint density at radius 2 is 2.05 bits per heavy atom. The average molecular weight is 366 g/mol. The zero-order chi connectivity index (χ0) is 15.5. The van der Waals surface area contributed by atoms with Crippen LogP contribution >= 0.6 is 15.9 Å². The molecule has 2 atom stereocenters. The van der Waals surface area contributed by atoms with Crippen molar-refractivity contribution < 1.29 is 13.3 Å². The molecule has 20 heavy (non-hydrogen) atoms. The second-order valence-electron chi connectivity index (χ2n) is 5.47. The summed E-state index contributed by atoms with van der Waals surface area (Å²) in [7, 11) is 0.211. The van der Waals surface area contributed by atoms with Crippen LogP contribution in [0, 0.1) is 5.82 Å². The van der Waals surface area contributed by atoms with Crippen LogP contribution in [0.2, 0.25) is 0 Å². The molecule has 0 radical (unpaired) electrons. The summed E-state index contributed by atoms with van der Waals surface area (Å²) in [6.45, 7) is 7.65. The zero-order valence-corrected chi connectivity index (χ0v) is 14.8. The van der Waals surface area contributed by atoms with Gasteiger partial charge in [-0.2, -0.15) is 0 Å². The SMILES string of the molecule is CCC(N[S@@](=O)C(C)(C)C)c1cc(F)c(OC)cc1Br. The number of hydrogen-bond donors (Lipinski definition) is 1. The van der Waals surface area contributed by atoms with Gasteiger partial charge >= 0.3 is 0 Å². The summed E-state index contributed by atoms with van der Waals surface area (Å²) in [6.07, 6.45) is 0.701. The number of halogens is 2. The summed E-state index contributed by atoms with van der Waals surface area (Å²) in [5.74, 6) is -0.236. The van der Waals surface area contributed by atoms with Gasteiger partial charge in [0.15, 0.2) is 11.6 Å². The second kappa shape index (κ2) is 7.00. The first-order chi connectivity index (χ1) is 9.20. The van der Waals surface area contributed by atoms with Crippen LogP contribution in [0.25, 0.3) is 0 Å². The van der Waals surface area contributed by atoms with Gasteiger partial charge in [-0.05, 0) is 44.9 Å². The molecule has 0 amide bonds. The highest BCUT2D eigenvalue weighted by molar-refractivity contribution is 9.10. The molecule has 0 aliphatic heterocycles. The molecule has 3 nitrogen and oxygen atoms in total. The Morgan fingerprint density at radius 1 is 1.45 bits per heavy atom. The molecule has 0 aromatic heterocycles. The van der Waals surface area contributed by atoms with Crippen LogP contribution < -0.4 is 9.46 Å². The lowest BCUT2D eigenvalue weighted by Gasteiger charge is -2.24.